The molecule has 0 spiro atoms. The molecule has 1 amide bonds. The van der Waals surface area contributed by atoms with Crippen LogP contribution in [0.25, 0.3) is 0 Å². The van der Waals surface area contributed by atoms with Gasteiger partial charge in [-0.05, 0) is 62.4 Å². The SMILES string of the molecule is CNCC1CCN(C(=O)C2CC2c2cccc(Cl)c2)CC1. The number of halogens is 1. The van der Waals surface area contributed by atoms with Crippen molar-refractivity contribution in [1.29, 1.82) is 0 Å². The Morgan fingerprint density at radius 1 is 1.38 bits per heavy atom. The molecular weight excluding hydrogens is 284 g/mol. The van der Waals surface area contributed by atoms with Gasteiger partial charge in [-0.1, -0.05) is 23.7 Å². The molecule has 1 aromatic carbocycles. The van der Waals surface area contributed by atoms with Crippen LogP contribution in [0.15, 0.2) is 24.3 Å². The Morgan fingerprint density at radius 3 is 2.81 bits per heavy atom. The highest BCUT2D eigenvalue weighted by Gasteiger charge is 2.46. The monoisotopic (exact) mass is 306 g/mol. The molecule has 2 unspecified atom stereocenters. The third kappa shape index (κ3) is 3.41. The molecule has 2 fully saturated rings. The van der Waals surface area contributed by atoms with Crippen molar-refractivity contribution in [2.75, 3.05) is 26.7 Å². The molecule has 0 aromatic heterocycles. The average Bonchev–Trinajstić information content (AvgIpc) is 3.28. The third-order valence-corrected chi connectivity index (χ3v) is 5.04. The van der Waals surface area contributed by atoms with Gasteiger partial charge in [-0.3, -0.25) is 4.79 Å². The number of piperidine rings is 1. The summed E-state index contributed by atoms with van der Waals surface area (Å²) in [5, 5.41) is 4.00. The second-order valence-electron chi connectivity index (χ2n) is 6.33. The number of amides is 1. The summed E-state index contributed by atoms with van der Waals surface area (Å²) in [6, 6.07) is 7.94. The minimum Gasteiger partial charge on any atom is -0.342 e. The Labute approximate surface area is 131 Å². The van der Waals surface area contributed by atoms with E-state index in [9.17, 15) is 4.79 Å². The first-order chi connectivity index (χ1) is 10.2. The zero-order chi connectivity index (χ0) is 14.8. The van der Waals surface area contributed by atoms with Crippen LogP contribution in [-0.4, -0.2) is 37.5 Å². The van der Waals surface area contributed by atoms with E-state index in [2.05, 4.69) is 16.3 Å². The van der Waals surface area contributed by atoms with E-state index in [0.717, 1.165) is 49.8 Å². The van der Waals surface area contributed by atoms with Gasteiger partial charge in [-0.15, -0.1) is 0 Å². The molecule has 1 aliphatic heterocycles. The van der Waals surface area contributed by atoms with E-state index in [1.54, 1.807) is 0 Å². The number of carbonyl (C=O) groups excluding carboxylic acids is 1. The van der Waals surface area contributed by atoms with E-state index in [0.29, 0.717) is 11.8 Å². The van der Waals surface area contributed by atoms with Crippen LogP contribution >= 0.6 is 11.6 Å². The van der Waals surface area contributed by atoms with Gasteiger partial charge in [0.05, 0.1) is 0 Å². The summed E-state index contributed by atoms with van der Waals surface area (Å²) in [4.78, 5) is 14.6. The Bertz CT molecular complexity index is 511. The lowest BCUT2D eigenvalue weighted by Gasteiger charge is -2.32. The topological polar surface area (TPSA) is 32.3 Å². The van der Waals surface area contributed by atoms with E-state index in [1.165, 1.54) is 5.56 Å². The van der Waals surface area contributed by atoms with Crippen molar-refractivity contribution in [2.24, 2.45) is 11.8 Å². The predicted octanol–water partition coefficient (Wildman–Crippen LogP) is 2.90. The minimum absolute atomic E-state index is 0.185. The van der Waals surface area contributed by atoms with Gasteiger partial charge >= 0.3 is 0 Å². The molecule has 2 aliphatic rings. The molecule has 3 rings (SSSR count). The number of nitrogens with one attached hydrogen (secondary N) is 1. The van der Waals surface area contributed by atoms with Crippen LogP contribution in [0, 0.1) is 11.8 Å². The highest BCUT2D eigenvalue weighted by molar-refractivity contribution is 6.30. The predicted molar refractivity (Wildman–Crippen MR) is 85.5 cm³/mol. The van der Waals surface area contributed by atoms with Crippen LogP contribution in [0.3, 0.4) is 0 Å². The number of rotatable bonds is 4. The number of hydrogen-bond donors (Lipinski definition) is 1. The molecule has 21 heavy (non-hydrogen) atoms. The Morgan fingerprint density at radius 2 is 2.14 bits per heavy atom. The molecule has 114 valence electrons. The van der Waals surface area contributed by atoms with Crippen LogP contribution < -0.4 is 5.32 Å². The first-order valence-corrected chi connectivity index (χ1v) is 8.25. The van der Waals surface area contributed by atoms with Crippen molar-refractivity contribution < 1.29 is 4.79 Å². The Kier molecular flexibility index (Phi) is 4.51. The fraction of sp³-hybridized carbons (Fsp3) is 0.588. The van der Waals surface area contributed by atoms with Crippen LogP contribution in [0.4, 0.5) is 0 Å². The largest absolute Gasteiger partial charge is 0.342 e. The van der Waals surface area contributed by atoms with Crippen LogP contribution in [0.5, 0.6) is 0 Å². The van der Waals surface area contributed by atoms with Gasteiger partial charge < -0.3 is 10.2 Å². The lowest BCUT2D eigenvalue weighted by molar-refractivity contribution is -0.134. The molecule has 0 bridgehead atoms. The molecule has 1 saturated heterocycles. The van der Waals surface area contributed by atoms with Crippen molar-refractivity contribution in [2.45, 2.75) is 25.2 Å². The molecule has 4 heteroatoms. The summed E-state index contributed by atoms with van der Waals surface area (Å²) >= 11 is 6.04. The first kappa shape index (κ1) is 14.9. The third-order valence-electron chi connectivity index (χ3n) is 4.80. The second-order valence-corrected chi connectivity index (χ2v) is 6.77. The van der Waals surface area contributed by atoms with Crippen molar-refractivity contribution >= 4 is 17.5 Å². The molecule has 0 radical (unpaired) electrons. The van der Waals surface area contributed by atoms with Gasteiger partial charge in [0, 0.05) is 24.0 Å². The van der Waals surface area contributed by atoms with Gasteiger partial charge in [0.1, 0.15) is 0 Å². The van der Waals surface area contributed by atoms with Gasteiger partial charge in [-0.2, -0.15) is 0 Å². The van der Waals surface area contributed by atoms with Crippen LogP contribution in [0.2, 0.25) is 5.02 Å². The number of nitrogens with zero attached hydrogens (tertiary/aromatic N) is 1. The molecule has 1 aliphatic carbocycles. The zero-order valence-electron chi connectivity index (χ0n) is 12.5. The van der Waals surface area contributed by atoms with E-state index in [-0.39, 0.29) is 5.92 Å². The smallest absolute Gasteiger partial charge is 0.226 e. The second kappa shape index (κ2) is 6.37. The molecule has 1 saturated carbocycles. The molecule has 1 heterocycles. The van der Waals surface area contributed by atoms with Gasteiger partial charge in [0.15, 0.2) is 0 Å². The van der Waals surface area contributed by atoms with Gasteiger partial charge in [0.25, 0.3) is 0 Å². The summed E-state index contributed by atoms with van der Waals surface area (Å²) in [5.41, 5.74) is 1.21. The van der Waals surface area contributed by atoms with Crippen molar-refractivity contribution in [1.82, 2.24) is 10.2 Å². The number of hydrogen-bond acceptors (Lipinski definition) is 2. The number of carbonyl (C=O) groups is 1. The maximum atomic E-state index is 12.6. The van der Waals surface area contributed by atoms with Crippen molar-refractivity contribution in [3.63, 3.8) is 0 Å². The average molecular weight is 307 g/mol. The standard InChI is InChI=1S/C17H23ClN2O/c1-19-11-12-5-7-20(8-6-12)17(21)16-10-15(16)13-3-2-4-14(18)9-13/h2-4,9,12,15-16,19H,5-8,10-11H2,1H3. The summed E-state index contributed by atoms with van der Waals surface area (Å²) in [7, 11) is 2.00. The number of likely N-dealkylation sites (tertiary alicyclic amines) is 1. The fourth-order valence-electron chi connectivity index (χ4n) is 3.45. The molecule has 3 nitrogen and oxygen atoms in total. The first-order valence-electron chi connectivity index (χ1n) is 7.88. The lowest BCUT2D eigenvalue weighted by atomic mass is 9.96. The van der Waals surface area contributed by atoms with Crippen LogP contribution in [-0.2, 0) is 4.79 Å². The molecule has 2 atom stereocenters. The summed E-state index contributed by atoms with van der Waals surface area (Å²) in [5.74, 6) is 1.64. The maximum Gasteiger partial charge on any atom is 0.226 e. The maximum absolute atomic E-state index is 12.6. The number of benzene rings is 1. The Hall–Kier alpha value is -1.06. The summed E-state index contributed by atoms with van der Waals surface area (Å²) in [6.45, 7) is 2.91. The van der Waals surface area contributed by atoms with Crippen molar-refractivity contribution in [3.05, 3.63) is 34.9 Å². The fourth-order valence-corrected chi connectivity index (χ4v) is 3.65. The molecule has 1 N–H and O–H groups in total. The van der Waals surface area contributed by atoms with Crippen molar-refractivity contribution in [3.8, 4) is 0 Å². The highest BCUT2D eigenvalue weighted by atomic mass is 35.5. The van der Waals surface area contributed by atoms with Crippen LogP contribution in [0.1, 0.15) is 30.7 Å². The highest BCUT2D eigenvalue weighted by Crippen LogP contribution is 2.49. The summed E-state index contributed by atoms with van der Waals surface area (Å²) in [6.07, 6.45) is 3.23. The quantitative estimate of drug-likeness (QED) is 0.927. The molecule has 1 aromatic rings. The van der Waals surface area contributed by atoms with E-state index < -0.39 is 0 Å². The van der Waals surface area contributed by atoms with E-state index >= 15 is 0 Å². The zero-order valence-corrected chi connectivity index (χ0v) is 13.3. The minimum atomic E-state index is 0.185. The summed E-state index contributed by atoms with van der Waals surface area (Å²) < 4.78 is 0. The van der Waals surface area contributed by atoms with Gasteiger partial charge in [-0.25, -0.2) is 0 Å². The van der Waals surface area contributed by atoms with Gasteiger partial charge in [0.2, 0.25) is 5.91 Å². The van der Waals surface area contributed by atoms with E-state index in [1.807, 2.05) is 25.2 Å². The normalized spacial score (nSPS) is 25.9. The van der Waals surface area contributed by atoms with E-state index in [4.69, 9.17) is 11.6 Å². The molecular formula is C17H23ClN2O. The Balaban J connectivity index is 1.54. The lowest BCUT2D eigenvalue weighted by Crippen LogP contribution is -2.41.